The molecule has 1 rings (SSSR count). The third kappa shape index (κ3) is 16.2. The van der Waals surface area contributed by atoms with Gasteiger partial charge < -0.3 is 30.1 Å². The van der Waals surface area contributed by atoms with E-state index in [1.54, 1.807) is 6.92 Å². The Hall–Kier alpha value is -1.26. The predicted octanol–water partition coefficient (Wildman–Crippen LogP) is 7.53. The third-order valence-electron chi connectivity index (χ3n) is 9.71. The van der Waals surface area contributed by atoms with Crippen molar-refractivity contribution in [2.75, 3.05) is 26.3 Å². The molecule has 0 saturated carbocycles. The van der Waals surface area contributed by atoms with Crippen LogP contribution in [0.15, 0.2) is 0 Å². The third-order valence-corrected chi connectivity index (χ3v) is 9.71. The number of amides is 2. The topological polar surface area (TPSA) is 125 Å². The number of aliphatic hydroxyl groups excluding tert-OH is 3. The number of hydrogen-bond donors (Lipinski definition) is 4. The number of nitrogens with zero attached hydrogens (tertiary/aromatic N) is 1. The van der Waals surface area contributed by atoms with Crippen LogP contribution in [0.4, 0.5) is 4.79 Å². The molecule has 0 aromatic heterocycles. The second kappa shape index (κ2) is 26.7. The summed E-state index contributed by atoms with van der Waals surface area (Å²) in [4.78, 5) is 26.2. The van der Waals surface area contributed by atoms with Crippen molar-refractivity contribution in [2.24, 2.45) is 0 Å². The molecule has 0 bridgehead atoms. The summed E-state index contributed by atoms with van der Waals surface area (Å²) in [6.45, 7) is 8.17. The number of nitrogens with one attached hydrogen (secondary N) is 1. The highest BCUT2D eigenvalue weighted by Crippen LogP contribution is 2.32. The fraction of sp³-hybridized carbons (Fsp3) is 0.946. The van der Waals surface area contributed by atoms with Crippen LogP contribution in [-0.4, -0.2) is 88.7 Å². The van der Waals surface area contributed by atoms with Gasteiger partial charge >= 0.3 is 6.09 Å². The van der Waals surface area contributed by atoms with E-state index in [9.17, 15) is 24.9 Å². The molecular formula is C37H73N2O7+. The molecule has 0 spiro atoms. The van der Waals surface area contributed by atoms with E-state index in [0.29, 0.717) is 13.1 Å². The van der Waals surface area contributed by atoms with Crippen LogP contribution in [0.5, 0.6) is 0 Å². The quantitative estimate of drug-likeness (QED) is 0.0506. The van der Waals surface area contributed by atoms with Crippen molar-refractivity contribution >= 4 is 12.0 Å². The molecule has 1 heterocycles. The van der Waals surface area contributed by atoms with Crippen LogP contribution in [-0.2, 0) is 14.3 Å². The molecule has 2 unspecified atom stereocenters. The van der Waals surface area contributed by atoms with Crippen LogP contribution in [0, 0.1) is 0 Å². The standard InChI is InChI=1S/C37H72N2O7/c1-5-8-10-12-14-16-18-19-21-23-25-27-29-39(37(44)45-7-3,28-26-24-22-20-17-15-13-11-9-6-2)36-33(38-31(4)41)35(43)34(42)32(30-40)46-36/h32-36,40,42-43H,5-30H2,1-4H3/p+1/t32-,33-,34-,35-,36?,39?/m1/s1. The first-order valence-corrected chi connectivity index (χ1v) is 19.2. The Labute approximate surface area is 281 Å². The molecule has 6 atom stereocenters. The Morgan fingerprint density at radius 3 is 1.39 bits per heavy atom. The maximum Gasteiger partial charge on any atom is 0.518 e. The Morgan fingerprint density at radius 2 is 1.04 bits per heavy atom. The van der Waals surface area contributed by atoms with Crippen molar-refractivity contribution in [1.82, 2.24) is 5.32 Å². The molecule has 0 aromatic rings. The zero-order chi connectivity index (χ0) is 34.0. The number of aliphatic hydroxyl groups is 3. The van der Waals surface area contributed by atoms with Gasteiger partial charge in [0, 0.05) is 6.92 Å². The van der Waals surface area contributed by atoms with Gasteiger partial charge in [0.25, 0.3) is 0 Å². The lowest BCUT2D eigenvalue weighted by Gasteiger charge is -2.49. The van der Waals surface area contributed by atoms with E-state index in [1.807, 2.05) is 0 Å². The van der Waals surface area contributed by atoms with Gasteiger partial charge in [-0.15, -0.1) is 0 Å². The van der Waals surface area contributed by atoms with Gasteiger partial charge in [0.15, 0.2) is 0 Å². The summed E-state index contributed by atoms with van der Waals surface area (Å²) in [7, 11) is 0. The largest absolute Gasteiger partial charge is 0.518 e. The highest BCUT2D eigenvalue weighted by molar-refractivity contribution is 5.73. The van der Waals surface area contributed by atoms with E-state index in [4.69, 9.17) is 9.47 Å². The summed E-state index contributed by atoms with van der Waals surface area (Å²) in [6, 6.07) is -1.03. The number of ether oxygens (including phenoxy) is 2. The second-order valence-corrected chi connectivity index (χ2v) is 13.7. The van der Waals surface area contributed by atoms with Gasteiger partial charge in [0.2, 0.25) is 12.1 Å². The lowest BCUT2D eigenvalue weighted by Crippen LogP contribution is -2.75. The Balaban J connectivity index is 2.96. The number of quaternary nitrogens is 1. The molecular weight excluding hydrogens is 584 g/mol. The lowest BCUT2D eigenvalue weighted by molar-refractivity contribution is -0.912. The fourth-order valence-electron chi connectivity index (χ4n) is 6.93. The molecule has 0 aromatic carbocycles. The Bertz CT molecular complexity index is 770. The molecule has 9 heteroatoms. The van der Waals surface area contributed by atoms with Crippen molar-refractivity contribution in [3.8, 4) is 0 Å². The first-order valence-electron chi connectivity index (χ1n) is 19.2. The Morgan fingerprint density at radius 1 is 0.652 bits per heavy atom. The number of carbonyl (C=O) groups is 2. The summed E-state index contributed by atoms with van der Waals surface area (Å²) in [6.07, 6.45) is 20.7. The van der Waals surface area contributed by atoms with Crippen LogP contribution in [0.1, 0.15) is 169 Å². The molecule has 9 nitrogen and oxygen atoms in total. The summed E-state index contributed by atoms with van der Waals surface area (Å²) in [5.41, 5.74) is 0. The van der Waals surface area contributed by atoms with Crippen molar-refractivity contribution in [2.45, 2.75) is 200 Å². The number of rotatable bonds is 28. The minimum Gasteiger partial charge on any atom is -0.420 e. The van der Waals surface area contributed by atoms with Gasteiger partial charge in [-0.2, -0.15) is 9.28 Å². The molecule has 1 saturated heterocycles. The van der Waals surface area contributed by atoms with Gasteiger partial charge in [-0.1, -0.05) is 129 Å². The number of hydrogen-bond acceptors (Lipinski definition) is 7. The molecule has 1 aliphatic heterocycles. The van der Waals surface area contributed by atoms with Gasteiger partial charge in [-0.3, -0.25) is 4.79 Å². The molecule has 46 heavy (non-hydrogen) atoms. The van der Waals surface area contributed by atoms with Crippen LogP contribution in [0.3, 0.4) is 0 Å². The Kier molecular flexibility index (Phi) is 24.8. The minimum absolute atomic E-state index is 0.196. The van der Waals surface area contributed by atoms with Crippen molar-refractivity contribution in [1.29, 1.82) is 0 Å². The van der Waals surface area contributed by atoms with Crippen molar-refractivity contribution in [3.63, 3.8) is 0 Å². The van der Waals surface area contributed by atoms with Gasteiger partial charge in [0.05, 0.1) is 26.3 Å². The van der Waals surface area contributed by atoms with E-state index in [-0.39, 0.29) is 11.1 Å². The van der Waals surface area contributed by atoms with E-state index in [1.165, 1.54) is 103 Å². The van der Waals surface area contributed by atoms with E-state index >= 15 is 0 Å². The first kappa shape index (κ1) is 42.8. The molecule has 272 valence electrons. The molecule has 2 amide bonds. The second-order valence-electron chi connectivity index (χ2n) is 13.7. The number of carbonyl (C=O) groups excluding carboxylic acids is 2. The first-order chi connectivity index (χ1) is 22.3. The van der Waals surface area contributed by atoms with Crippen molar-refractivity contribution in [3.05, 3.63) is 0 Å². The maximum absolute atomic E-state index is 14.0. The van der Waals surface area contributed by atoms with Gasteiger partial charge in [-0.05, 0) is 32.6 Å². The van der Waals surface area contributed by atoms with Gasteiger partial charge in [0.1, 0.15) is 24.4 Å². The molecule has 4 N–H and O–H groups in total. The average Bonchev–Trinajstić information content (AvgIpc) is 3.04. The molecule has 0 radical (unpaired) electrons. The SMILES string of the molecule is CCCCCCCCCCCCCC[N+](CCCCCCCCCCCC)(C(=O)OCC)C1O[C@H](CO)[C@@H](O)[C@H](O)[C@H]1NC(C)=O. The summed E-state index contributed by atoms with van der Waals surface area (Å²) >= 11 is 0. The van der Waals surface area contributed by atoms with Crippen LogP contribution >= 0.6 is 0 Å². The highest BCUT2D eigenvalue weighted by atomic mass is 16.6. The zero-order valence-electron chi connectivity index (χ0n) is 30.2. The minimum atomic E-state index is -1.40. The fourth-order valence-corrected chi connectivity index (χ4v) is 6.93. The van der Waals surface area contributed by atoms with Gasteiger partial charge in [-0.25, -0.2) is 0 Å². The lowest BCUT2D eigenvalue weighted by atomic mass is 9.93. The highest BCUT2D eigenvalue weighted by Gasteiger charge is 2.57. The maximum atomic E-state index is 14.0. The summed E-state index contributed by atoms with van der Waals surface area (Å²) in [5.74, 6) is -0.390. The van der Waals surface area contributed by atoms with Crippen LogP contribution < -0.4 is 5.32 Å². The molecule has 1 fully saturated rings. The van der Waals surface area contributed by atoms with E-state index < -0.39 is 49.2 Å². The van der Waals surface area contributed by atoms with E-state index in [0.717, 1.165) is 44.9 Å². The van der Waals surface area contributed by atoms with E-state index in [2.05, 4.69) is 19.2 Å². The average molecular weight is 658 g/mol. The predicted molar refractivity (Wildman–Crippen MR) is 185 cm³/mol. The summed E-state index contributed by atoms with van der Waals surface area (Å²) in [5, 5.41) is 34.6. The van der Waals surface area contributed by atoms with Crippen molar-refractivity contribution < 1.29 is 38.9 Å². The normalized spacial score (nSPS) is 22.8. The smallest absolute Gasteiger partial charge is 0.420 e. The summed E-state index contributed by atoms with van der Waals surface area (Å²) < 4.78 is 11.7. The molecule has 0 aliphatic carbocycles. The van der Waals surface area contributed by atoms with Crippen LogP contribution in [0.25, 0.3) is 0 Å². The zero-order valence-corrected chi connectivity index (χ0v) is 30.2. The monoisotopic (exact) mass is 658 g/mol. The van der Waals surface area contributed by atoms with Crippen LogP contribution in [0.2, 0.25) is 0 Å². The molecule has 1 aliphatic rings. The number of unbranched alkanes of at least 4 members (excludes halogenated alkanes) is 20.